The molecule has 0 bridgehead atoms. The predicted octanol–water partition coefficient (Wildman–Crippen LogP) is 2.60. The predicted molar refractivity (Wildman–Crippen MR) is 70.9 cm³/mol. The maximum absolute atomic E-state index is 5.82. The molecule has 90 valence electrons. The van der Waals surface area contributed by atoms with E-state index in [4.69, 9.17) is 17.3 Å². The average Bonchev–Trinajstić information content (AvgIpc) is 2.25. The van der Waals surface area contributed by atoms with Crippen LogP contribution in [-0.4, -0.2) is 19.1 Å². The molecule has 1 atom stereocenters. The van der Waals surface area contributed by atoms with E-state index in [9.17, 15) is 0 Å². The van der Waals surface area contributed by atoms with Crippen molar-refractivity contribution in [2.24, 2.45) is 5.73 Å². The summed E-state index contributed by atoms with van der Waals surface area (Å²) in [7, 11) is 0. The van der Waals surface area contributed by atoms with Crippen molar-refractivity contribution in [1.82, 2.24) is 5.32 Å². The number of halogens is 1. The molecule has 0 aliphatic rings. The number of nitrogens with one attached hydrogen (secondary N) is 1. The van der Waals surface area contributed by atoms with Crippen LogP contribution in [0.1, 0.15) is 25.3 Å². The highest BCUT2D eigenvalue weighted by molar-refractivity contribution is 6.30. The summed E-state index contributed by atoms with van der Waals surface area (Å²) in [6, 6.07) is 8.34. The van der Waals surface area contributed by atoms with Gasteiger partial charge in [-0.1, -0.05) is 23.7 Å². The summed E-state index contributed by atoms with van der Waals surface area (Å²) >= 11 is 5.82. The third kappa shape index (κ3) is 6.11. The zero-order valence-corrected chi connectivity index (χ0v) is 10.6. The Morgan fingerprint density at radius 1 is 1.25 bits per heavy atom. The maximum Gasteiger partial charge on any atom is 0.0406 e. The van der Waals surface area contributed by atoms with Gasteiger partial charge in [-0.2, -0.15) is 0 Å². The van der Waals surface area contributed by atoms with E-state index >= 15 is 0 Å². The first kappa shape index (κ1) is 13.5. The molecule has 0 radical (unpaired) electrons. The molecule has 1 rings (SSSR count). The number of hydrogen-bond donors (Lipinski definition) is 2. The van der Waals surface area contributed by atoms with Gasteiger partial charge in [-0.3, -0.25) is 0 Å². The van der Waals surface area contributed by atoms with Crippen molar-refractivity contribution in [1.29, 1.82) is 0 Å². The lowest BCUT2D eigenvalue weighted by Gasteiger charge is -2.06. The van der Waals surface area contributed by atoms with Crippen molar-refractivity contribution >= 4 is 11.6 Å². The zero-order chi connectivity index (χ0) is 11.8. The third-order valence-electron chi connectivity index (χ3n) is 2.52. The smallest absolute Gasteiger partial charge is 0.0406 e. The minimum absolute atomic E-state index is 0.318. The van der Waals surface area contributed by atoms with Crippen LogP contribution >= 0.6 is 11.6 Å². The average molecular weight is 241 g/mol. The highest BCUT2D eigenvalue weighted by Gasteiger charge is 1.95. The molecule has 0 fully saturated rings. The first-order chi connectivity index (χ1) is 7.68. The molecule has 1 unspecified atom stereocenters. The van der Waals surface area contributed by atoms with Gasteiger partial charge in [0.25, 0.3) is 0 Å². The van der Waals surface area contributed by atoms with E-state index in [1.807, 2.05) is 19.1 Å². The highest BCUT2D eigenvalue weighted by Crippen LogP contribution is 2.09. The van der Waals surface area contributed by atoms with Crippen LogP contribution in [0.2, 0.25) is 5.02 Å². The lowest BCUT2D eigenvalue weighted by atomic mass is 10.1. The van der Waals surface area contributed by atoms with Crippen LogP contribution < -0.4 is 11.1 Å². The molecule has 0 saturated carbocycles. The summed E-state index contributed by atoms with van der Waals surface area (Å²) < 4.78 is 0. The molecule has 0 saturated heterocycles. The van der Waals surface area contributed by atoms with Gasteiger partial charge in [0.1, 0.15) is 0 Å². The molecule has 3 heteroatoms. The molecule has 0 aromatic heterocycles. The van der Waals surface area contributed by atoms with Gasteiger partial charge in [0.2, 0.25) is 0 Å². The molecule has 0 aliphatic heterocycles. The van der Waals surface area contributed by atoms with Crippen molar-refractivity contribution in [3.63, 3.8) is 0 Å². The Bertz CT molecular complexity index is 282. The van der Waals surface area contributed by atoms with Crippen LogP contribution in [0.15, 0.2) is 24.3 Å². The van der Waals surface area contributed by atoms with E-state index in [1.165, 1.54) is 5.56 Å². The van der Waals surface area contributed by atoms with Gasteiger partial charge in [-0.25, -0.2) is 0 Å². The molecular formula is C13H21ClN2. The number of benzene rings is 1. The lowest BCUT2D eigenvalue weighted by Crippen LogP contribution is -2.21. The van der Waals surface area contributed by atoms with Crippen LogP contribution in [0.25, 0.3) is 0 Å². The van der Waals surface area contributed by atoms with E-state index in [2.05, 4.69) is 17.4 Å². The van der Waals surface area contributed by atoms with E-state index in [1.54, 1.807) is 0 Å². The van der Waals surface area contributed by atoms with Crippen LogP contribution in [0.5, 0.6) is 0 Å². The van der Waals surface area contributed by atoms with Gasteiger partial charge in [0, 0.05) is 11.1 Å². The van der Waals surface area contributed by atoms with Crippen LogP contribution in [0, 0.1) is 0 Å². The van der Waals surface area contributed by atoms with Crippen LogP contribution in [0.4, 0.5) is 0 Å². The lowest BCUT2D eigenvalue weighted by molar-refractivity contribution is 0.575. The normalized spacial score (nSPS) is 12.7. The number of nitrogens with two attached hydrogens (primary N) is 1. The highest BCUT2D eigenvalue weighted by atomic mass is 35.5. The molecule has 2 nitrogen and oxygen atoms in total. The second kappa shape index (κ2) is 7.66. The minimum atomic E-state index is 0.318. The Morgan fingerprint density at radius 2 is 1.94 bits per heavy atom. The van der Waals surface area contributed by atoms with Gasteiger partial charge < -0.3 is 11.1 Å². The minimum Gasteiger partial charge on any atom is -0.328 e. The molecule has 0 amide bonds. The second-order valence-corrected chi connectivity index (χ2v) is 4.68. The molecule has 0 aliphatic carbocycles. The maximum atomic E-state index is 5.82. The summed E-state index contributed by atoms with van der Waals surface area (Å²) in [5.41, 5.74) is 7.00. The van der Waals surface area contributed by atoms with E-state index < -0.39 is 0 Å². The fourth-order valence-corrected chi connectivity index (χ4v) is 1.68. The summed E-state index contributed by atoms with van der Waals surface area (Å²) in [5, 5.41) is 4.21. The molecular weight excluding hydrogens is 220 g/mol. The molecule has 1 aromatic rings. The zero-order valence-electron chi connectivity index (χ0n) is 9.88. The quantitative estimate of drug-likeness (QED) is 0.719. The SMILES string of the molecule is CC(N)CCCNCCc1ccc(Cl)cc1. The Kier molecular flexibility index (Phi) is 6.46. The van der Waals surface area contributed by atoms with Gasteiger partial charge >= 0.3 is 0 Å². The summed E-state index contributed by atoms with van der Waals surface area (Å²) in [5.74, 6) is 0. The Hall–Kier alpha value is -0.570. The fourth-order valence-electron chi connectivity index (χ4n) is 1.56. The monoisotopic (exact) mass is 240 g/mol. The van der Waals surface area contributed by atoms with Crippen LogP contribution in [0.3, 0.4) is 0 Å². The van der Waals surface area contributed by atoms with Gasteiger partial charge in [0.05, 0.1) is 0 Å². The number of hydrogen-bond acceptors (Lipinski definition) is 2. The second-order valence-electron chi connectivity index (χ2n) is 4.25. The molecule has 0 heterocycles. The van der Waals surface area contributed by atoms with Crippen molar-refractivity contribution in [3.05, 3.63) is 34.9 Å². The number of rotatable bonds is 7. The van der Waals surface area contributed by atoms with E-state index in [0.29, 0.717) is 6.04 Å². The van der Waals surface area contributed by atoms with Gasteiger partial charge in [-0.15, -0.1) is 0 Å². The Balaban J connectivity index is 2.05. The van der Waals surface area contributed by atoms with Gasteiger partial charge in [-0.05, 0) is 57.0 Å². The van der Waals surface area contributed by atoms with Crippen molar-refractivity contribution in [2.75, 3.05) is 13.1 Å². The van der Waals surface area contributed by atoms with Crippen LogP contribution in [-0.2, 0) is 6.42 Å². The standard InChI is InChI=1S/C13H21ClN2/c1-11(15)3-2-9-16-10-8-12-4-6-13(14)7-5-12/h4-7,11,16H,2-3,8-10,15H2,1H3. The van der Waals surface area contributed by atoms with Crippen molar-refractivity contribution in [2.45, 2.75) is 32.2 Å². The molecule has 1 aromatic carbocycles. The summed E-state index contributed by atoms with van der Waals surface area (Å²) in [6.07, 6.45) is 3.29. The summed E-state index contributed by atoms with van der Waals surface area (Å²) in [6.45, 7) is 4.11. The van der Waals surface area contributed by atoms with E-state index in [0.717, 1.165) is 37.4 Å². The summed E-state index contributed by atoms with van der Waals surface area (Å²) in [4.78, 5) is 0. The van der Waals surface area contributed by atoms with Gasteiger partial charge in [0.15, 0.2) is 0 Å². The topological polar surface area (TPSA) is 38.0 Å². The first-order valence-electron chi connectivity index (χ1n) is 5.89. The first-order valence-corrected chi connectivity index (χ1v) is 6.27. The Labute approximate surface area is 103 Å². The third-order valence-corrected chi connectivity index (χ3v) is 2.77. The Morgan fingerprint density at radius 3 is 2.56 bits per heavy atom. The van der Waals surface area contributed by atoms with Crippen molar-refractivity contribution < 1.29 is 0 Å². The molecule has 3 N–H and O–H groups in total. The largest absolute Gasteiger partial charge is 0.328 e. The molecule has 0 spiro atoms. The fraction of sp³-hybridized carbons (Fsp3) is 0.538. The van der Waals surface area contributed by atoms with E-state index in [-0.39, 0.29) is 0 Å². The molecule has 16 heavy (non-hydrogen) atoms. The van der Waals surface area contributed by atoms with Crippen molar-refractivity contribution in [3.8, 4) is 0 Å².